The lowest BCUT2D eigenvalue weighted by molar-refractivity contribution is 0.896. The van der Waals surface area contributed by atoms with E-state index in [4.69, 9.17) is 0 Å². The Kier molecular flexibility index (Phi) is 1.83. The molecule has 2 heterocycles. The Bertz CT molecular complexity index is 702. The van der Waals surface area contributed by atoms with Crippen molar-refractivity contribution in [3.8, 4) is 0 Å². The summed E-state index contributed by atoms with van der Waals surface area (Å²) in [7, 11) is 0. The second-order valence-electron chi connectivity index (χ2n) is 5.31. The lowest BCUT2D eigenvalue weighted by atomic mass is 9.97. The zero-order valence-electron chi connectivity index (χ0n) is 10.5. The normalized spacial score (nSPS) is 31.1. The number of hydrogen-bond acceptors (Lipinski definition) is 2. The zero-order chi connectivity index (χ0) is 12.3. The Morgan fingerprint density at radius 1 is 0.889 bits per heavy atom. The Labute approximate surface area is 106 Å². The van der Waals surface area contributed by atoms with Crippen LogP contribution in [-0.2, 0) is 0 Å². The Morgan fingerprint density at radius 3 is 1.83 bits per heavy atom. The van der Waals surface area contributed by atoms with Crippen molar-refractivity contribution in [3.63, 3.8) is 0 Å². The molecule has 3 aliphatic rings. The molecule has 4 bridgehead atoms. The van der Waals surface area contributed by atoms with Gasteiger partial charge in [0.15, 0.2) is 0 Å². The first-order chi connectivity index (χ1) is 8.77. The fourth-order valence-electron chi connectivity index (χ4n) is 3.43. The first kappa shape index (κ1) is 10.0. The SMILES string of the molecule is CC(C)=C1C2C=CC1c1c2/c2nn\c1=C/C=C\C=2. The average Bonchev–Trinajstić information content (AvgIpc) is 2.84. The van der Waals surface area contributed by atoms with Crippen LogP contribution in [0.2, 0.25) is 0 Å². The molecule has 0 amide bonds. The van der Waals surface area contributed by atoms with Gasteiger partial charge in [0.25, 0.3) is 0 Å². The van der Waals surface area contributed by atoms with Gasteiger partial charge in [0.1, 0.15) is 0 Å². The first-order valence-corrected chi connectivity index (χ1v) is 6.38. The summed E-state index contributed by atoms with van der Waals surface area (Å²) in [6.45, 7) is 4.42. The molecule has 0 fully saturated rings. The van der Waals surface area contributed by atoms with Gasteiger partial charge in [-0.05, 0) is 42.7 Å². The maximum Gasteiger partial charge on any atom is 0.0902 e. The maximum absolute atomic E-state index is 4.36. The molecule has 18 heavy (non-hydrogen) atoms. The van der Waals surface area contributed by atoms with Gasteiger partial charge < -0.3 is 0 Å². The fourth-order valence-corrected chi connectivity index (χ4v) is 3.43. The summed E-state index contributed by atoms with van der Waals surface area (Å²) in [5.74, 6) is 0.853. The van der Waals surface area contributed by atoms with E-state index in [1.807, 2.05) is 0 Å². The number of hydrogen-bond donors (Lipinski definition) is 0. The maximum atomic E-state index is 4.36. The molecule has 0 aromatic carbocycles. The van der Waals surface area contributed by atoms with Gasteiger partial charge in [0.05, 0.1) is 10.7 Å². The number of allylic oxidation sites excluding steroid dienone is 6. The molecule has 2 aliphatic carbocycles. The van der Waals surface area contributed by atoms with Crippen LogP contribution in [0.4, 0.5) is 0 Å². The Morgan fingerprint density at radius 2 is 1.39 bits per heavy atom. The fraction of sp³-hybridized carbons (Fsp3) is 0.250. The highest BCUT2D eigenvalue weighted by Crippen LogP contribution is 2.51. The van der Waals surface area contributed by atoms with E-state index in [9.17, 15) is 0 Å². The standard InChI is InChI=1S/C16H14N2/c1-9(2)14-10-7-8-11(14)16-13-6-4-3-5-12(15(10)16)17-18-13/h3-8,10-11H,1-2H3/b4-3-,5-3?,6-4?,12-5-,13-6-. The van der Waals surface area contributed by atoms with E-state index in [1.54, 1.807) is 0 Å². The third-order valence-electron chi connectivity index (χ3n) is 4.09. The van der Waals surface area contributed by atoms with Crippen molar-refractivity contribution < 1.29 is 0 Å². The lowest BCUT2D eigenvalue weighted by Crippen LogP contribution is -2.28. The largest absolute Gasteiger partial charge is 0.150 e. The van der Waals surface area contributed by atoms with Crippen LogP contribution in [0.15, 0.2) is 35.5 Å². The monoisotopic (exact) mass is 234 g/mol. The quantitative estimate of drug-likeness (QED) is 0.638. The summed E-state index contributed by atoms with van der Waals surface area (Å²) in [5.41, 5.74) is 5.72. The van der Waals surface area contributed by atoms with Crippen molar-refractivity contribution in [2.45, 2.75) is 25.7 Å². The van der Waals surface area contributed by atoms with Gasteiger partial charge in [-0.3, -0.25) is 0 Å². The summed E-state index contributed by atoms with van der Waals surface area (Å²) in [5, 5.41) is 10.8. The van der Waals surface area contributed by atoms with Gasteiger partial charge in [-0.25, -0.2) is 0 Å². The van der Waals surface area contributed by atoms with Crippen LogP contribution < -0.4 is 10.7 Å². The van der Waals surface area contributed by atoms with Gasteiger partial charge in [0, 0.05) is 11.8 Å². The summed E-state index contributed by atoms with van der Waals surface area (Å²) in [6.07, 6.45) is 12.9. The molecule has 1 aromatic heterocycles. The predicted octanol–water partition coefficient (Wildman–Crippen LogP) is 1.69. The van der Waals surface area contributed by atoms with Crippen LogP contribution in [0.3, 0.4) is 0 Å². The molecule has 2 atom stereocenters. The molecule has 88 valence electrons. The van der Waals surface area contributed by atoms with Crippen LogP contribution in [0, 0.1) is 0 Å². The van der Waals surface area contributed by atoms with Crippen molar-refractivity contribution in [1.29, 1.82) is 0 Å². The molecule has 0 saturated carbocycles. The molecule has 2 unspecified atom stereocenters. The van der Waals surface area contributed by atoms with E-state index in [-0.39, 0.29) is 0 Å². The molecule has 0 radical (unpaired) electrons. The van der Waals surface area contributed by atoms with E-state index >= 15 is 0 Å². The minimum absolute atomic E-state index is 0.426. The average molecular weight is 234 g/mol. The van der Waals surface area contributed by atoms with E-state index in [1.165, 1.54) is 22.3 Å². The van der Waals surface area contributed by atoms with Crippen molar-refractivity contribution in [3.05, 3.63) is 57.3 Å². The lowest BCUT2D eigenvalue weighted by Gasteiger charge is -2.10. The second kappa shape index (κ2) is 3.29. The third kappa shape index (κ3) is 1.08. The van der Waals surface area contributed by atoms with Gasteiger partial charge in [-0.2, -0.15) is 10.2 Å². The second-order valence-corrected chi connectivity index (χ2v) is 5.31. The Balaban J connectivity index is 2.17. The van der Waals surface area contributed by atoms with Gasteiger partial charge in [-0.1, -0.05) is 29.9 Å². The molecular formula is C16H14N2. The van der Waals surface area contributed by atoms with Crippen molar-refractivity contribution >= 4 is 12.2 Å². The van der Waals surface area contributed by atoms with Crippen LogP contribution in [-0.4, -0.2) is 10.2 Å². The van der Waals surface area contributed by atoms with Crippen molar-refractivity contribution in [1.82, 2.24) is 10.2 Å². The number of rotatable bonds is 0. The molecule has 1 aliphatic heterocycles. The summed E-state index contributed by atoms with van der Waals surface area (Å²) >= 11 is 0. The third-order valence-corrected chi connectivity index (χ3v) is 4.09. The summed E-state index contributed by atoms with van der Waals surface area (Å²) in [4.78, 5) is 0. The Hall–Kier alpha value is -1.96. The van der Waals surface area contributed by atoms with Crippen LogP contribution in [0.5, 0.6) is 0 Å². The van der Waals surface area contributed by atoms with Crippen molar-refractivity contribution in [2.24, 2.45) is 0 Å². The smallest absolute Gasteiger partial charge is 0.0902 e. The molecule has 0 N–H and O–H groups in total. The van der Waals surface area contributed by atoms with E-state index in [0.717, 1.165) is 10.7 Å². The molecule has 0 spiro atoms. The highest BCUT2D eigenvalue weighted by Gasteiger charge is 2.40. The molecule has 1 aromatic rings. The highest BCUT2D eigenvalue weighted by atomic mass is 15.1. The van der Waals surface area contributed by atoms with Gasteiger partial charge >= 0.3 is 0 Å². The minimum Gasteiger partial charge on any atom is -0.150 e. The number of fused-ring (bicyclic) bond motifs is 10. The molecule has 0 saturated heterocycles. The molecule has 4 rings (SSSR count). The zero-order valence-corrected chi connectivity index (χ0v) is 10.5. The molecular weight excluding hydrogens is 220 g/mol. The first-order valence-electron chi connectivity index (χ1n) is 6.38. The van der Waals surface area contributed by atoms with Gasteiger partial charge in [0.2, 0.25) is 0 Å². The van der Waals surface area contributed by atoms with Gasteiger partial charge in [-0.15, -0.1) is 0 Å². The van der Waals surface area contributed by atoms with Crippen LogP contribution >= 0.6 is 0 Å². The summed E-state index contributed by atoms with van der Waals surface area (Å²) < 4.78 is 0. The minimum atomic E-state index is 0.426. The number of nitrogens with zero attached hydrogens (tertiary/aromatic N) is 2. The highest BCUT2D eigenvalue weighted by molar-refractivity contribution is 5.64. The predicted molar refractivity (Wildman–Crippen MR) is 72.3 cm³/mol. The van der Waals surface area contributed by atoms with E-state index in [0.29, 0.717) is 11.8 Å². The summed E-state index contributed by atoms with van der Waals surface area (Å²) in [6, 6.07) is 0. The molecule has 2 nitrogen and oxygen atoms in total. The number of aromatic nitrogens is 2. The van der Waals surface area contributed by atoms with Crippen molar-refractivity contribution in [2.75, 3.05) is 0 Å². The topological polar surface area (TPSA) is 25.8 Å². The van der Waals surface area contributed by atoms with E-state index < -0.39 is 0 Å². The van der Waals surface area contributed by atoms with Crippen LogP contribution in [0.1, 0.15) is 36.8 Å². The van der Waals surface area contributed by atoms with E-state index in [2.05, 4.69) is 60.5 Å². The van der Waals surface area contributed by atoms with Crippen LogP contribution in [0.25, 0.3) is 12.2 Å². The molecule has 2 heteroatoms.